The van der Waals surface area contributed by atoms with Crippen LogP contribution in [0.5, 0.6) is 5.75 Å². The van der Waals surface area contributed by atoms with E-state index in [-0.39, 0.29) is 11.4 Å². The van der Waals surface area contributed by atoms with Crippen LogP contribution in [0.4, 0.5) is 5.69 Å². The Kier molecular flexibility index (Phi) is 6.53. The highest BCUT2D eigenvalue weighted by molar-refractivity contribution is 8.05. The number of aryl methyl sites for hydroxylation is 2. The summed E-state index contributed by atoms with van der Waals surface area (Å²) in [6, 6.07) is 15.9. The molecule has 2 heterocycles. The van der Waals surface area contributed by atoms with E-state index in [1.54, 1.807) is 7.11 Å². The van der Waals surface area contributed by atoms with Gasteiger partial charge in [-0.1, -0.05) is 42.4 Å². The first-order chi connectivity index (χ1) is 15.4. The van der Waals surface area contributed by atoms with Gasteiger partial charge in [0.15, 0.2) is 5.50 Å². The lowest BCUT2D eigenvalue weighted by atomic mass is 10.1. The number of amides is 1. The molecular formula is C25H26ClN3O2S. The molecule has 0 aliphatic carbocycles. The zero-order valence-electron chi connectivity index (χ0n) is 18.5. The quantitative estimate of drug-likeness (QED) is 0.442. The molecule has 7 heteroatoms. The van der Waals surface area contributed by atoms with Crippen molar-refractivity contribution in [1.29, 1.82) is 0 Å². The standard InChI is InChI=1S/C25H26ClN3O2S/c1-5-17-6-9-20(10-7-17)27-25-28-24(30)23(32-25)13-18-12-15(2)29(16(18)3)21-14-19(26)8-11-22(21)31-4/h6-14,25,27H,5H2,1-4H3,(H,28,30)/b23-13-/t25-/m1/s1. The molecule has 1 aromatic heterocycles. The number of ether oxygens (including phenoxy) is 1. The van der Waals surface area contributed by atoms with Gasteiger partial charge in [0.2, 0.25) is 0 Å². The van der Waals surface area contributed by atoms with Gasteiger partial charge in [-0.3, -0.25) is 4.79 Å². The van der Waals surface area contributed by atoms with Gasteiger partial charge in [-0.25, -0.2) is 0 Å². The van der Waals surface area contributed by atoms with Crippen LogP contribution in [0.1, 0.15) is 29.4 Å². The molecule has 1 aliphatic heterocycles. The third-order valence-electron chi connectivity index (χ3n) is 5.53. The molecule has 1 aliphatic rings. The predicted molar refractivity (Wildman–Crippen MR) is 134 cm³/mol. The highest BCUT2D eigenvalue weighted by Crippen LogP contribution is 2.34. The number of hydrogen-bond acceptors (Lipinski definition) is 4. The maximum absolute atomic E-state index is 12.6. The van der Waals surface area contributed by atoms with Gasteiger partial charge in [0.1, 0.15) is 5.75 Å². The first kappa shape index (κ1) is 22.4. The molecule has 1 amide bonds. The third-order valence-corrected chi connectivity index (χ3v) is 6.79. The number of aromatic nitrogens is 1. The molecule has 1 fully saturated rings. The van der Waals surface area contributed by atoms with Crippen LogP contribution in [0, 0.1) is 13.8 Å². The number of hydrogen-bond donors (Lipinski definition) is 2. The third kappa shape index (κ3) is 4.52. The van der Waals surface area contributed by atoms with Crippen molar-refractivity contribution >= 4 is 41.0 Å². The van der Waals surface area contributed by atoms with Gasteiger partial charge in [0.25, 0.3) is 5.91 Å². The highest BCUT2D eigenvalue weighted by Gasteiger charge is 2.27. The van der Waals surface area contributed by atoms with Crippen LogP contribution in [0.15, 0.2) is 53.4 Å². The molecule has 0 saturated carbocycles. The average Bonchev–Trinajstić information content (AvgIpc) is 3.26. The molecule has 1 atom stereocenters. The van der Waals surface area contributed by atoms with E-state index < -0.39 is 0 Å². The van der Waals surface area contributed by atoms with Gasteiger partial charge in [-0.15, -0.1) is 0 Å². The normalized spacial score (nSPS) is 17.0. The average molecular weight is 468 g/mol. The van der Waals surface area contributed by atoms with E-state index in [0.717, 1.165) is 40.5 Å². The van der Waals surface area contributed by atoms with Crippen molar-refractivity contribution in [2.24, 2.45) is 0 Å². The summed E-state index contributed by atoms with van der Waals surface area (Å²) in [5.41, 5.74) is 5.95. The summed E-state index contributed by atoms with van der Waals surface area (Å²) in [5, 5.41) is 7.01. The van der Waals surface area contributed by atoms with Gasteiger partial charge in [0.05, 0.1) is 17.7 Å². The fourth-order valence-electron chi connectivity index (χ4n) is 3.84. The van der Waals surface area contributed by atoms with Crippen molar-refractivity contribution < 1.29 is 9.53 Å². The van der Waals surface area contributed by atoms with E-state index in [2.05, 4.69) is 40.3 Å². The molecule has 4 rings (SSSR count). The molecule has 2 N–H and O–H groups in total. The molecule has 0 bridgehead atoms. The van der Waals surface area contributed by atoms with Crippen molar-refractivity contribution in [3.63, 3.8) is 0 Å². The first-order valence-electron chi connectivity index (χ1n) is 10.5. The van der Waals surface area contributed by atoms with E-state index in [1.165, 1.54) is 17.3 Å². The topological polar surface area (TPSA) is 55.3 Å². The second-order valence-corrected chi connectivity index (χ2v) is 9.24. The van der Waals surface area contributed by atoms with Crippen molar-refractivity contribution in [3.05, 3.63) is 81.0 Å². The number of halogens is 1. The van der Waals surface area contributed by atoms with Crippen LogP contribution in [0.2, 0.25) is 5.02 Å². The second kappa shape index (κ2) is 9.35. The van der Waals surface area contributed by atoms with Crippen molar-refractivity contribution in [3.8, 4) is 11.4 Å². The Balaban J connectivity index is 1.58. The Hall–Kier alpha value is -2.83. The van der Waals surface area contributed by atoms with E-state index in [0.29, 0.717) is 9.93 Å². The van der Waals surface area contributed by atoms with Crippen molar-refractivity contribution in [2.45, 2.75) is 32.7 Å². The monoisotopic (exact) mass is 467 g/mol. The summed E-state index contributed by atoms with van der Waals surface area (Å²) in [4.78, 5) is 13.3. The van der Waals surface area contributed by atoms with Crippen LogP contribution < -0.4 is 15.4 Å². The number of methoxy groups -OCH3 is 1. The van der Waals surface area contributed by atoms with Crippen LogP contribution in [0.25, 0.3) is 11.8 Å². The van der Waals surface area contributed by atoms with Gasteiger partial charge in [0, 0.05) is 22.1 Å². The summed E-state index contributed by atoms with van der Waals surface area (Å²) in [5.74, 6) is 0.657. The Morgan fingerprint density at radius 2 is 1.94 bits per heavy atom. The molecule has 32 heavy (non-hydrogen) atoms. The number of thioether (sulfide) groups is 1. The number of carbonyl (C=O) groups excluding carboxylic acids is 1. The number of carbonyl (C=O) groups is 1. The number of nitrogens with zero attached hydrogens (tertiary/aromatic N) is 1. The summed E-state index contributed by atoms with van der Waals surface area (Å²) in [6.07, 6.45) is 2.94. The van der Waals surface area contributed by atoms with Gasteiger partial charge >= 0.3 is 0 Å². The van der Waals surface area contributed by atoms with Gasteiger partial charge < -0.3 is 19.9 Å². The zero-order valence-corrected chi connectivity index (χ0v) is 20.1. The van der Waals surface area contributed by atoms with Crippen molar-refractivity contribution in [2.75, 3.05) is 12.4 Å². The number of anilines is 1. The highest BCUT2D eigenvalue weighted by atomic mass is 35.5. The smallest absolute Gasteiger partial charge is 0.260 e. The zero-order chi connectivity index (χ0) is 22.8. The lowest BCUT2D eigenvalue weighted by Gasteiger charge is -2.14. The molecule has 0 radical (unpaired) electrons. The molecule has 0 spiro atoms. The molecular weight excluding hydrogens is 442 g/mol. The number of nitrogens with one attached hydrogen (secondary N) is 2. The summed E-state index contributed by atoms with van der Waals surface area (Å²) < 4.78 is 7.64. The lowest BCUT2D eigenvalue weighted by molar-refractivity contribution is -0.116. The van der Waals surface area contributed by atoms with E-state index in [4.69, 9.17) is 16.3 Å². The van der Waals surface area contributed by atoms with Crippen LogP contribution >= 0.6 is 23.4 Å². The maximum atomic E-state index is 12.6. The van der Waals surface area contributed by atoms with Gasteiger partial charge in [-0.2, -0.15) is 0 Å². The minimum Gasteiger partial charge on any atom is -0.495 e. The fraction of sp³-hybridized carbons (Fsp3) is 0.240. The van der Waals surface area contributed by atoms with E-state index in [9.17, 15) is 4.79 Å². The summed E-state index contributed by atoms with van der Waals surface area (Å²) in [6.45, 7) is 6.19. The Morgan fingerprint density at radius 1 is 1.19 bits per heavy atom. The van der Waals surface area contributed by atoms with Gasteiger partial charge in [-0.05, 0) is 73.9 Å². The molecule has 3 aromatic rings. The second-order valence-electron chi connectivity index (χ2n) is 7.65. The molecule has 1 saturated heterocycles. The fourth-order valence-corrected chi connectivity index (χ4v) is 4.98. The van der Waals surface area contributed by atoms with Crippen LogP contribution in [-0.4, -0.2) is 23.1 Å². The minimum atomic E-state index is -0.210. The number of rotatable bonds is 6. The van der Waals surface area contributed by atoms with E-state index in [1.807, 2.05) is 50.3 Å². The predicted octanol–water partition coefficient (Wildman–Crippen LogP) is 5.92. The molecule has 5 nitrogen and oxygen atoms in total. The van der Waals surface area contributed by atoms with Crippen LogP contribution in [0.3, 0.4) is 0 Å². The van der Waals surface area contributed by atoms with Crippen molar-refractivity contribution in [1.82, 2.24) is 9.88 Å². The Labute approximate surface area is 197 Å². The molecule has 166 valence electrons. The first-order valence-corrected chi connectivity index (χ1v) is 11.7. The minimum absolute atomic E-state index is 0.0807. The molecule has 0 unspecified atom stereocenters. The number of benzene rings is 2. The Bertz CT molecular complexity index is 1180. The summed E-state index contributed by atoms with van der Waals surface area (Å²) in [7, 11) is 1.65. The maximum Gasteiger partial charge on any atom is 0.260 e. The largest absolute Gasteiger partial charge is 0.495 e. The summed E-state index contributed by atoms with van der Waals surface area (Å²) >= 11 is 7.73. The SMILES string of the molecule is CCc1ccc(N[C@@H]2NC(=O)/C(=C/c3cc(C)n(-c4cc(Cl)ccc4OC)c3C)S2)cc1. The lowest BCUT2D eigenvalue weighted by Crippen LogP contribution is -2.30. The molecule has 2 aromatic carbocycles. The Morgan fingerprint density at radius 3 is 2.62 bits per heavy atom. The van der Waals surface area contributed by atoms with Crippen LogP contribution in [-0.2, 0) is 11.2 Å². The van der Waals surface area contributed by atoms with E-state index >= 15 is 0 Å².